The van der Waals surface area contributed by atoms with Crippen molar-refractivity contribution in [1.82, 2.24) is 0 Å². The second kappa shape index (κ2) is 6.11. The summed E-state index contributed by atoms with van der Waals surface area (Å²) in [5.74, 6) is 0. The van der Waals surface area contributed by atoms with Gasteiger partial charge in [0.05, 0.1) is 0 Å². The number of pyridine rings is 1. The Hall–Kier alpha value is -2.12. The van der Waals surface area contributed by atoms with E-state index in [1.165, 1.54) is 16.7 Å². The van der Waals surface area contributed by atoms with Crippen molar-refractivity contribution in [2.45, 2.75) is 13.0 Å². The Kier molecular flexibility index (Phi) is 4.03. The fourth-order valence-corrected chi connectivity index (χ4v) is 2.63. The van der Waals surface area contributed by atoms with E-state index in [4.69, 9.17) is 11.6 Å². The molecule has 0 aliphatic heterocycles. The van der Waals surface area contributed by atoms with E-state index in [1.54, 1.807) is 0 Å². The van der Waals surface area contributed by atoms with Crippen molar-refractivity contribution in [2.75, 3.05) is 0 Å². The molecule has 1 heterocycles. The quantitative estimate of drug-likeness (QED) is 0.623. The van der Waals surface area contributed by atoms with E-state index < -0.39 is 0 Å². The zero-order chi connectivity index (χ0) is 14.7. The number of halogens is 1. The van der Waals surface area contributed by atoms with E-state index in [0.29, 0.717) is 0 Å². The highest BCUT2D eigenvalue weighted by Crippen LogP contribution is 2.23. The lowest BCUT2D eigenvalue weighted by molar-refractivity contribution is -0.704. The second-order valence-electron chi connectivity index (χ2n) is 5.19. The molecule has 1 aromatic heterocycles. The summed E-state index contributed by atoms with van der Waals surface area (Å²) in [7, 11) is 0. The highest BCUT2D eigenvalue weighted by atomic mass is 35.5. The molecule has 21 heavy (non-hydrogen) atoms. The molecule has 0 amide bonds. The SMILES string of the molecule is Cc1cc[n+]([C@H](c2ccccc2)c2ccc(Cl)cc2)cc1. The van der Waals surface area contributed by atoms with Gasteiger partial charge in [0.15, 0.2) is 12.4 Å². The van der Waals surface area contributed by atoms with Crippen molar-refractivity contribution in [1.29, 1.82) is 0 Å². The van der Waals surface area contributed by atoms with Crippen molar-refractivity contribution < 1.29 is 4.57 Å². The van der Waals surface area contributed by atoms with Crippen LogP contribution in [0.4, 0.5) is 0 Å². The van der Waals surface area contributed by atoms with Crippen LogP contribution in [0, 0.1) is 6.92 Å². The van der Waals surface area contributed by atoms with Crippen LogP contribution in [-0.2, 0) is 0 Å². The molecular formula is C19H17ClN+. The summed E-state index contributed by atoms with van der Waals surface area (Å²) in [6, 6.07) is 23.0. The van der Waals surface area contributed by atoms with Gasteiger partial charge in [0.25, 0.3) is 0 Å². The number of benzene rings is 2. The van der Waals surface area contributed by atoms with Crippen LogP contribution in [0.25, 0.3) is 0 Å². The van der Waals surface area contributed by atoms with Crippen molar-refractivity contribution in [3.63, 3.8) is 0 Å². The van der Waals surface area contributed by atoms with E-state index >= 15 is 0 Å². The predicted molar refractivity (Wildman–Crippen MR) is 86.5 cm³/mol. The molecule has 0 aliphatic rings. The third-order valence-electron chi connectivity index (χ3n) is 3.62. The average Bonchev–Trinajstić information content (AvgIpc) is 2.52. The normalized spacial score (nSPS) is 12.1. The fraction of sp³-hybridized carbons (Fsp3) is 0.105. The highest BCUT2D eigenvalue weighted by molar-refractivity contribution is 6.30. The lowest BCUT2D eigenvalue weighted by atomic mass is 9.98. The largest absolute Gasteiger partial charge is 0.208 e. The van der Waals surface area contributed by atoms with E-state index in [-0.39, 0.29) is 6.04 Å². The van der Waals surface area contributed by atoms with Crippen molar-refractivity contribution in [2.24, 2.45) is 0 Å². The molecule has 1 nitrogen and oxygen atoms in total. The van der Waals surface area contributed by atoms with Gasteiger partial charge in [0.1, 0.15) is 0 Å². The Bertz CT molecular complexity index is 657. The van der Waals surface area contributed by atoms with Gasteiger partial charge in [0.2, 0.25) is 6.04 Å². The number of aromatic nitrogens is 1. The van der Waals surface area contributed by atoms with Crippen LogP contribution in [0.3, 0.4) is 0 Å². The Morgan fingerprint density at radius 2 is 1.33 bits per heavy atom. The monoisotopic (exact) mass is 294 g/mol. The summed E-state index contributed by atoms with van der Waals surface area (Å²) >= 11 is 6.02. The summed E-state index contributed by atoms with van der Waals surface area (Å²) < 4.78 is 2.23. The van der Waals surface area contributed by atoms with Crippen LogP contribution in [0.5, 0.6) is 0 Å². The lowest BCUT2D eigenvalue weighted by Gasteiger charge is -2.13. The van der Waals surface area contributed by atoms with E-state index in [9.17, 15) is 0 Å². The summed E-state index contributed by atoms with van der Waals surface area (Å²) in [6.45, 7) is 2.10. The van der Waals surface area contributed by atoms with Gasteiger partial charge in [0, 0.05) is 28.3 Å². The average molecular weight is 295 g/mol. The molecular weight excluding hydrogens is 278 g/mol. The van der Waals surface area contributed by atoms with Crippen LogP contribution in [0.2, 0.25) is 5.02 Å². The van der Waals surface area contributed by atoms with Crippen LogP contribution in [0.15, 0.2) is 79.1 Å². The van der Waals surface area contributed by atoms with Crippen molar-refractivity contribution >= 4 is 11.6 Å². The molecule has 2 aromatic carbocycles. The van der Waals surface area contributed by atoms with E-state index in [2.05, 4.69) is 72.4 Å². The van der Waals surface area contributed by atoms with Gasteiger partial charge in [-0.2, -0.15) is 4.57 Å². The molecule has 0 fully saturated rings. The van der Waals surface area contributed by atoms with Crippen LogP contribution >= 0.6 is 11.6 Å². The minimum absolute atomic E-state index is 0.157. The molecule has 1 atom stereocenters. The van der Waals surface area contributed by atoms with Gasteiger partial charge in [-0.05, 0) is 24.6 Å². The maximum Gasteiger partial charge on any atom is 0.208 e. The number of hydrogen-bond acceptors (Lipinski definition) is 0. The Labute approximate surface area is 130 Å². The van der Waals surface area contributed by atoms with Gasteiger partial charge in [-0.1, -0.05) is 54.1 Å². The summed E-state index contributed by atoms with van der Waals surface area (Å²) in [5.41, 5.74) is 3.74. The van der Waals surface area contributed by atoms with Gasteiger partial charge in [-0.3, -0.25) is 0 Å². The van der Waals surface area contributed by atoms with Crippen LogP contribution in [-0.4, -0.2) is 0 Å². The first-order chi connectivity index (χ1) is 10.2. The fourth-order valence-electron chi connectivity index (χ4n) is 2.50. The van der Waals surface area contributed by atoms with Crippen LogP contribution < -0.4 is 4.57 Å². The van der Waals surface area contributed by atoms with E-state index in [1.807, 2.05) is 18.2 Å². The molecule has 0 N–H and O–H groups in total. The maximum absolute atomic E-state index is 6.02. The van der Waals surface area contributed by atoms with Crippen molar-refractivity contribution in [3.8, 4) is 0 Å². The molecule has 0 aliphatic carbocycles. The standard InChI is InChI=1S/C19H17ClN/c1-15-11-13-21(14-12-15)19(16-5-3-2-4-6-16)17-7-9-18(20)10-8-17/h2-14,19H,1H3/q+1/t19-/m1/s1. The zero-order valence-electron chi connectivity index (χ0n) is 11.9. The van der Waals surface area contributed by atoms with Gasteiger partial charge in [-0.15, -0.1) is 0 Å². The minimum atomic E-state index is 0.157. The Balaban J connectivity index is 2.11. The molecule has 3 rings (SSSR count). The molecule has 3 aromatic rings. The van der Waals surface area contributed by atoms with Crippen LogP contribution in [0.1, 0.15) is 22.7 Å². The first-order valence-electron chi connectivity index (χ1n) is 7.02. The highest BCUT2D eigenvalue weighted by Gasteiger charge is 2.22. The van der Waals surface area contributed by atoms with Gasteiger partial charge >= 0.3 is 0 Å². The molecule has 0 saturated carbocycles. The lowest BCUT2D eigenvalue weighted by Crippen LogP contribution is -2.40. The molecule has 0 radical (unpaired) electrons. The smallest absolute Gasteiger partial charge is 0.194 e. The predicted octanol–water partition coefficient (Wildman–Crippen LogP) is 4.57. The number of aryl methyl sites for hydroxylation is 1. The molecule has 0 bridgehead atoms. The third kappa shape index (κ3) is 3.14. The first-order valence-corrected chi connectivity index (χ1v) is 7.39. The number of hydrogen-bond donors (Lipinski definition) is 0. The molecule has 0 unspecified atom stereocenters. The topological polar surface area (TPSA) is 3.88 Å². The van der Waals surface area contributed by atoms with Crippen molar-refractivity contribution in [3.05, 3.63) is 101 Å². The Morgan fingerprint density at radius 3 is 1.95 bits per heavy atom. The Morgan fingerprint density at radius 1 is 0.762 bits per heavy atom. The molecule has 0 spiro atoms. The first kappa shape index (κ1) is 13.8. The molecule has 0 saturated heterocycles. The summed E-state index contributed by atoms with van der Waals surface area (Å²) in [5, 5.41) is 0.763. The summed E-state index contributed by atoms with van der Waals surface area (Å²) in [4.78, 5) is 0. The molecule has 2 heteroatoms. The number of rotatable bonds is 3. The van der Waals surface area contributed by atoms with Gasteiger partial charge < -0.3 is 0 Å². The van der Waals surface area contributed by atoms with E-state index in [0.717, 1.165) is 5.02 Å². The minimum Gasteiger partial charge on any atom is -0.194 e. The zero-order valence-corrected chi connectivity index (χ0v) is 12.7. The second-order valence-corrected chi connectivity index (χ2v) is 5.62. The van der Waals surface area contributed by atoms with Gasteiger partial charge in [-0.25, -0.2) is 0 Å². The summed E-state index contributed by atoms with van der Waals surface area (Å²) in [6.07, 6.45) is 4.25. The third-order valence-corrected chi connectivity index (χ3v) is 3.87. The molecule has 104 valence electrons. The maximum atomic E-state index is 6.02. The number of nitrogens with zero attached hydrogens (tertiary/aromatic N) is 1.